The van der Waals surface area contributed by atoms with E-state index in [-0.39, 0.29) is 0 Å². The summed E-state index contributed by atoms with van der Waals surface area (Å²) < 4.78 is 1.61. The Hall–Kier alpha value is -1.92. The van der Waals surface area contributed by atoms with Crippen LogP contribution in [0.1, 0.15) is 17.7 Å². The molecule has 86 valence electrons. The molecule has 0 saturated carbocycles. The molecule has 0 amide bonds. The minimum absolute atomic E-state index is 0.698. The van der Waals surface area contributed by atoms with Crippen LogP contribution >= 0.6 is 0 Å². The highest BCUT2D eigenvalue weighted by Gasteiger charge is 2.02. The lowest BCUT2D eigenvalue weighted by atomic mass is 10.1. The van der Waals surface area contributed by atoms with Gasteiger partial charge in [0.15, 0.2) is 0 Å². The van der Waals surface area contributed by atoms with Gasteiger partial charge in [0.25, 0.3) is 0 Å². The van der Waals surface area contributed by atoms with Crippen LogP contribution < -0.4 is 5.32 Å². The van der Waals surface area contributed by atoms with E-state index in [4.69, 9.17) is 0 Å². The maximum atomic E-state index is 3.98. The number of nitrogens with one attached hydrogen (secondary N) is 2. The summed E-state index contributed by atoms with van der Waals surface area (Å²) in [7, 11) is 1.81. The fourth-order valence-electron chi connectivity index (χ4n) is 1.49. The molecule has 0 fully saturated rings. The summed E-state index contributed by atoms with van der Waals surface area (Å²) in [5.74, 6) is 0.698. The van der Waals surface area contributed by atoms with Gasteiger partial charge >= 0.3 is 0 Å². The molecule has 0 spiro atoms. The normalized spacial score (nSPS) is 10.6. The van der Waals surface area contributed by atoms with Gasteiger partial charge in [-0.05, 0) is 35.8 Å². The first-order valence-electron chi connectivity index (χ1n) is 5.22. The van der Waals surface area contributed by atoms with Crippen LogP contribution in [0.3, 0.4) is 0 Å². The van der Waals surface area contributed by atoms with Crippen LogP contribution in [0, 0.1) is 6.92 Å². The zero-order valence-electron chi connectivity index (χ0n) is 9.43. The molecule has 2 heterocycles. The van der Waals surface area contributed by atoms with Crippen molar-refractivity contribution in [2.75, 3.05) is 11.9 Å². The van der Waals surface area contributed by atoms with Gasteiger partial charge < -0.3 is 5.32 Å². The van der Waals surface area contributed by atoms with Crippen LogP contribution in [-0.4, -0.2) is 36.9 Å². The predicted octanol–water partition coefficient (Wildman–Crippen LogP) is 0.286. The predicted molar refractivity (Wildman–Crippen MR) is 58.9 cm³/mol. The Kier molecular flexibility index (Phi) is 3.13. The molecule has 0 aliphatic carbocycles. The van der Waals surface area contributed by atoms with E-state index < -0.39 is 0 Å². The van der Waals surface area contributed by atoms with Crippen LogP contribution in [0.2, 0.25) is 0 Å². The minimum atomic E-state index is 0.698. The number of hydrogen-bond acceptors (Lipinski definition) is 5. The van der Waals surface area contributed by atoms with Crippen molar-refractivity contribution < 1.29 is 0 Å². The summed E-state index contributed by atoms with van der Waals surface area (Å²) in [5, 5.41) is 21.2. The zero-order valence-corrected chi connectivity index (χ0v) is 9.43. The van der Waals surface area contributed by atoms with Crippen molar-refractivity contribution in [2.45, 2.75) is 19.8 Å². The molecule has 0 atom stereocenters. The molecule has 0 unspecified atom stereocenters. The van der Waals surface area contributed by atoms with E-state index >= 15 is 0 Å². The lowest BCUT2D eigenvalue weighted by Gasteiger charge is -2.03. The number of aryl methyl sites for hydroxylation is 3. The molecule has 0 aromatic carbocycles. The van der Waals surface area contributed by atoms with E-state index in [1.54, 1.807) is 4.68 Å². The van der Waals surface area contributed by atoms with Crippen molar-refractivity contribution in [3.63, 3.8) is 0 Å². The Morgan fingerprint density at radius 2 is 2.38 bits per heavy atom. The molecular weight excluding hydrogens is 206 g/mol. The van der Waals surface area contributed by atoms with Crippen LogP contribution in [0.15, 0.2) is 6.20 Å². The third-order valence-electron chi connectivity index (χ3n) is 2.46. The van der Waals surface area contributed by atoms with E-state index in [0.717, 1.165) is 25.1 Å². The van der Waals surface area contributed by atoms with E-state index in [1.807, 2.05) is 20.2 Å². The Balaban J connectivity index is 1.74. The summed E-state index contributed by atoms with van der Waals surface area (Å²) in [5.41, 5.74) is 2.40. The van der Waals surface area contributed by atoms with Gasteiger partial charge in [-0.25, -0.2) is 4.68 Å². The molecule has 7 nitrogen and oxygen atoms in total. The van der Waals surface area contributed by atoms with Crippen molar-refractivity contribution in [1.82, 2.24) is 30.4 Å². The molecule has 0 aliphatic rings. The Morgan fingerprint density at radius 3 is 3.00 bits per heavy atom. The average Bonchev–Trinajstić information content (AvgIpc) is 2.84. The number of anilines is 1. The number of tetrazole rings is 1. The van der Waals surface area contributed by atoms with E-state index in [0.29, 0.717) is 5.95 Å². The van der Waals surface area contributed by atoms with Gasteiger partial charge in [0.05, 0.1) is 6.20 Å². The molecule has 7 heteroatoms. The molecule has 0 radical (unpaired) electrons. The van der Waals surface area contributed by atoms with Gasteiger partial charge in [-0.1, -0.05) is 5.10 Å². The van der Waals surface area contributed by atoms with Crippen LogP contribution in [-0.2, 0) is 13.5 Å². The minimum Gasteiger partial charge on any atom is -0.353 e. The molecule has 2 N–H and O–H groups in total. The first-order chi connectivity index (χ1) is 7.77. The first kappa shape index (κ1) is 10.6. The lowest BCUT2D eigenvalue weighted by Crippen LogP contribution is -2.08. The average molecular weight is 221 g/mol. The van der Waals surface area contributed by atoms with Gasteiger partial charge in [-0.2, -0.15) is 5.10 Å². The number of nitrogens with zero attached hydrogens (tertiary/aromatic N) is 5. The molecule has 0 bridgehead atoms. The largest absolute Gasteiger partial charge is 0.353 e. The van der Waals surface area contributed by atoms with Crippen LogP contribution in [0.5, 0.6) is 0 Å². The van der Waals surface area contributed by atoms with E-state index in [2.05, 4.69) is 31.0 Å². The fraction of sp³-hybridized carbons (Fsp3) is 0.556. The van der Waals surface area contributed by atoms with Crippen LogP contribution in [0.4, 0.5) is 5.95 Å². The smallest absolute Gasteiger partial charge is 0.242 e. The monoisotopic (exact) mass is 221 g/mol. The maximum Gasteiger partial charge on any atom is 0.242 e. The standard InChI is InChI=1S/C9H15N7/c1-7-8(6-11-12-7)4-3-5-10-9-13-14-15-16(9)2/h6H,3-5H2,1-2H3,(H,11,12)(H,10,13,15). The number of H-pyrrole nitrogens is 1. The second-order valence-corrected chi connectivity index (χ2v) is 3.68. The molecule has 2 aromatic heterocycles. The van der Waals surface area contributed by atoms with Crippen molar-refractivity contribution in [3.05, 3.63) is 17.5 Å². The third kappa shape index (κ3) is 2.36. The Bertz CT molecular complexity index is 402. The van der Waals surface area contributed by atoms with E-state index in [9.17, 15) is 0 Å². The first-order valence-corrected chi connectivity index (χ1v) is 5.22. The second kappa shape index (κ2) is 4.73. The zero-order chi connectivity index (χ0) is 11.4. The van der Waals surface area contributed by atoms with Crippen molar-refractivity contribution in [2.24, 2.45) is 7.05 Å². The van der Waals surface area contributed by atoms with Crippen molar-refractivity contribution in [1.29, 1.82) is 0 Å². The summed E-state index contributed by atoms with van der Waals surface area (Å²) in [6, 6.07) is 0. The molecule has 0 aliphatic heterocycles. The summed E-state index contributed by atoms with van der Waals surface area (Å²) >= 11 is 0. The van der Waals surface area contributed by atoms with Crippen molar-refractivity contribution in [3.8, 4) is 0 Å². The highest BCUT2D eigenvalue weighted by Crippen LogP contribution is 2.06. The Morgan fingerprint density at radius 1 is 1.50 bits per heavy atom. The molecule has 2 aromatic rings. The summed E-state index contributed by atoms with van der Waals surface area (Å²) in [6.07, 6.45) is 3.90. The number of rotatable bonds is 5. The van der Waals surface area contributed by atoms with E-state index in [1.165, 1.54) is 5.56 Å². The highest BCUT2D eigenvalue weighted by molar-refractivity contribution is 5.21. The molecular formula is C9H15N7. The summed E-state index contributed by atoms with van der Waals surface area (Å²) in [6.45, 7) is 2.88. The van der Waals surface area contributed by atoms with Gasteiger partial charge in [0, 0.05) is 19.3 Å². The molecule has 0 saturated heterocycles. The van der Waals surface area contributed by atoms with Gasteiger partial charge in [0.2, 0.25) is 5.95 Å². The van der Waals surface area contributed by atoms with Crippen LogP contribution in [0.25, 0.3) is 0 Å². The molecule has 2 rings (SSSR count). The second-order valence-electron chi connectivity index (χ2n) is 3.68. The third-order valence-corrected chi connectivity index (χ3v) is 2.46. The van der Waals surface area contributed by atoms with Crippen molar-refractivity contribution >= 4 is 5.95 Å². The topological polar surface area (TPSA) is 84.3 Å². The number of hydrogen-bond donors (Lipinski definition) is 2. The molecule has 16 heavy (non-hydrogen) atoms. The fourth-order valence-corrected chi connectivity index (χ4v) is 1.49. The van der Waals surface area contributed by atoms with Gasteiger partial charge in [-0.15, -0.1) is 0 Å². The number of aromatic nitrogens is 6. The Labute approximate surface area is 93.2 Å². The number of aromatic amines is 1. The van der Waals surface area contributed by atoms with Gasteiger partial charge in [0.1, 0.15) is 0 Å². The summed E-state index contributed by atoms with van der Waals surface area (Å²) in [4.78, 5) is 0. The lowest BCUT2D eigenvalue weighted by molar-refractivity contribution is 0.710. The SMILES string of the molecule is Cc1[nH]ncc1CCCNc1nnnn1C. The highest BCUT2D eigenvalue weighted by atomic mass is 15.6. The maximum absolute atomic E-state index is 3.98. The van der Waals surface area contributed by atoms with Gasteiger partial charge in [-0.3, -0.25) is 5.10 Å². The quantitative estimate of drug-likeness (QED) is 0.709.